The highest BCUT2D eigenvalue weighted by molar-refractivity contribution is 5.45. The summed E-state index contributed by atoms with van der Waals surface area (Å²) in [6.45, 7) is 2.35. The average molecular weight is 289 g/mol. The van der Waals surface area contributed by atoms with E-state index in [1.165, 1.54) is 12.1 Å². The second-order valence-corrected chi connectivity index (χ2v) is 4.94. The number of nitrogens with two attached hydrogens (primary N) is 1. The second-order valence-electron chi connectivity index (χ2n) is 4.94. The Kier molecular flexibility index (Phi) is 3.66. The van der Waals surface area contributed by atoms with E-state index < -0.39 is 0 Å². The van der Waals surface area contributed by atoms with E-state index in [0.29, 0.717) is 17.2 Å². The van der Waals surface area contributed by atoms with Crippen LogP contribution in [0.3, 0.4) is 0 Å². The summed E-state index contributed by atoms with van der Waals surface area (Å²) in [7, 11) is 0. The molecule has 0 fully saturated rings. The van der Waals surface area contributed by atoms with Crippen molar-refractivity contribution in [1.29, 1.82) is 0 Å². The molecule has 0 saturated heterocycles. The molecular weight excluding hydrogens is 273 g/mol. The van der Waals surface area contributed by atoms with Crippen LogP contribution in [0.1, 0.15) is 17.2 Å². The van der Waals surface area contributed by atoms with Gasteiger partial charge in [-0.1, -0.05) is 12.1 Å². The summed E-state index contributed by atoms with van der Waals surface area (Å²) >= 11 is 0. The summed E-state index contributed by atoms with van der Waals surface area (Å²) in [4.78, 5) is 0. The van der Waals surface area contributed by atoms with Gasteiger partial charge in [-0.2, -0.15) is 0 Å². The first-order valence-corrected chi connectivity index (χ1v) is 6.67. The fraction of sp³-hybridized carbons (Fsp3) is 0.250. The maximum Gasteiger partial charge on any atom is 0.231 e. The minimum absolute atomic E-state index is 0.229. The van der Waals surface area contributed by atoms with Crippen LogP contribution in [0.15, 0.2) is 36.4 Å². The van der Waals surface area contributed by atoms with Crippen LogP contribution in [0.5, 0.6) is 17.2 Å². The van der Waals surface area contributed by atoms with Crippen LogP contribution >= 0.6 is 0 Å². The van der Waals surface area contributed by atoms with E-state index in [-0.39, 0.29) is 25.3 Å². The Hall–Kier alpha value is -2.27. The lowest BCUT2D eigenvalue weighted by Gasteiger charge is -2.15. The number of benzene rings is 2. The van der Waals surface area contributed by atoms with Gasteiger partial charge in [0.25, 0.3) is 0 Å². The summed E-state index contributed by atoms with van der Waals surface area (Å²) in [5, 5.41) is 0. The Bertz CT molecular complexity index is 660. The Morgan fingerprint density at radius 1 is 1.19 bits per heavy atom. The third-order valence-electron chi connectivity index (χ3n) is 3.39. The van der Waals surface area contributed by atoms with Gasteiger partial charge in [-0.25, -0.2) is 4.39 Å². The van der Waals surface area contributed by atoms with Gasteiger partial charge in [0, 0.05) is 6.07 Å². The van der Waals surface area contributed by atoms with Crippen molar-refractivity contribution in [2.24, 2.45) is 5.73 Å². The number of aryl methyl sites for hydroxylation is 1. The molecule has 0 saturated carbocycles. The maximum absolute atomic E-state index is 13.2. The Morgan fingerprint density at radius 3 is 2.86 bits per heavy atom. The highest BCUT2D eigenvalue weighted by Gasteiger charge is 2.16. The van der Waals surface area contributed by atoms with Gasteiger partial charge in [0.05, 0.1) is 6.04 Å². The summed E-state index contributed by atoms with van der Waals surface area (Å²) in [5.41, 5.74) is 7.86. The Morgan fingerprint density at radius 2 is 2.00 bits per heavy atom. The summed E-state index contributed by atoms with van der Waals surface area (Å²) in [6, 6.07) is 9.65. The number of hydrogen-bond acceptors (Lipinski definition) is 4. The zero-order valence-corrected chi connectivity index (χ0v) is 11.6. The van der Waals surface area contributed by atoms with Crippen molar-refractivity contribution in [3.05, 3.63) is 53.3 Å². The molecule has 1 aliphatic rings. The molecule has 4 nitrogen and oxygen atoms in total. The van der Waals surface area contributed by atoms with Crippen LogP contribution in [0.2, 0.25) is 0 Å². The number of halogens is 1. The SMILES string of the molecule is Cc1ccc(F)cc1OCC(N)c1ccc2c(c1)OCO2. The van der Waals surface area contributed by atoms with Crippen LogP contribution in [0.25, 0.3) is 0 Å². The van der Waals surface area contributed by atoms with E-state index >= 15 is 0 Å². The summed E-state index contributed by atoms with van der Waals surface area (Å²) < 4.78 is 29.4. The lowest BCUT2D eigenvalue weighted by molar-refractivity contribution is 0.174. The van der Waals surface area contributed by atoms with Gasteiger partial charge in [-0.3, -0.25) is 0 Å². The lowest BCUT2D eigenvalue weighted by atomic mass is 10.1. The molecule has 1 heterocycles. The normalized spacial score (nSPS) is 14.0. The molecule has 110 valence electrons. The van der Waals surface area contributed by atoms with E-state index in [9.17, 15) is 4.39 Å². The van der Waals surface area contributed by atoms with E-state index in [0.717, 1.165) is 11.1 Å². The van der Waals surface area contributed by atoms with Gasteiger partial charge in [0.15, 0.2) is 11.5 Å². The topological polar surface area (TPSA) is 53.7 Å². The molecule has 0 amide bonds. The molecule has 1 unspecified atom stereocenters. The molecular formula is C16H16FNO3. The van der Waals surface area contributed by atoms with Crippen molar-refractivity contribution in [3.63, 3.8) is 0 Å². The fourth-order valence-electron chi connectivity index (χ4n) is 2.15. The van der Waals surface area contributed by atoms with Gasteiger partial charge >= 0.3 is 0 Å². The highest BCUT2D eigenvalue weighted by Crippen LogP contribution is 2.34. The number of hydrogen-bond donors (Lipinski definition) is 1. The summed E-state index contributed by atoms with van der Waals surface area (Å²) in [5.74, 6) is 1.58. The Labute approximate surface area is 122 Å². The zero-order valence-electron chi connectivity index (χ0n) is 11.6. The van der Waals surface area contributed by atoms with Crippen molar-refractivity contribution in [3.8, 4) is 17.2 Å². The molecule has 21 heavy (non-hydrogen) atoms. The van der Waals surface area contributed by atoms with Crippen molar-refractivity contribution in [1.82, 2.24) is 0 Å². The van der Waals surface area contributed by atoms with Crippen LogP contribution in [-0.4, -0.2) is 13.4 Å². The predicted octanol–water partition coefficient (Wildman–Crippen LogP) is 2.94. The molecule has 1 atom stereocenters. The molecule has 5 heteroatoms. The minimum atomic E-state index is -0.331. The highest BCUT2D eigenvalue weighted by atomic mass is 19.1. The van der Waals surface area contributed by atoms with Crippen molar-refractivity contribution in [2.75, 3.05) is 13.4 Å². The molecule has 0 bridgehead atoms. The van der Waals surface area contributed by atoms with Crippen molar-refractivity contribution < 1.29 is 18.6 Å². The third kappa shape index (κ3) is 2.92. The largest absolute Gasteiger partial charge is 0.491 e. The van der Waals surface area contributed by atoms with E-state index in [1.807, 2.05) is 25.1 Å². The van der Waals surface area contributed by atoms with E-state index in [4.69, 9.17) is 19.9 Å². The quantitative estimate of drug-likeness (QED) is 0.940. The first-order chi connectivity index (χ1) is 10.1. The smallest absolute Gasteiger partial charge is 0.231 e. The molecule has 2 N–H and O–H groups in total. The zero-order chi connectivity index (χ0) is 14.8. The third-order valence-corrected chi connectivity index (χ3v) is 3.39. The predicted molar refractivity (Wildman–Crippen MR) is 76.1 cm³/mol. The molecule has 0 aliphatic carbocycles. The van der Waals surface area contributed by atoms with Crippen molar-refractivity contribution in [2.45, 2.75) is 13.0 Å². The molecule has 2 aromatic carbocycles. The van der Waals surface area contributed by atoms with Crippen LogP contribution in [-0.2, 0) is 0 Å². The van der Waals surface area contributed by atoms with Crippen LogP contribution < -0.4 is 19.9 Å². The molecule has 0 radical (unpaired) electrons. The number of ether oxygens (including phenoxy) is 3. The minimum Gasteiger partial charge on any atom is -0.491 e. The lowest BCUT2D eigenvalue weighted by Crippen LogP contribution is -2.19. The van der Waals surface area contributed by atoms with Gasteiger partial charge in [0.1, 0.15) is 18.2 Å². The molecule has 0 spiro atoms. The Balaban J connectivity index is 1.69. The number of rotatable bonds is 4. The molecule has 0 aromatic heterocycles. The molecule has 3 rings (SSSR count). The molecule has 1 aliphatic heterocycles. The average Bonchev–Trinajstić information content (AvgIpc) is 2.95. The van der Waals surface area contributed by atoms with Gasteiger partial charge < -0.3 is 19.9 Å². The molecule has 2 aromatic rings. The first-order valence-electron chi connectivity index (χ1n) is 6.67. The van der Waals surface area contributed by atoms with Crippen LogP contribution in [0, 0.1) is 12.7 Å². The first kappa shape index (κ1) is 13.7. The van der Waals surface area contributed by atoms with Gasteiger partial charge in [0.2, 0.25) is 6.79 Å². The maximum atomic E-state index is 13.2. The summed E-state index contributed by atoms with van der Waals surface area (Å²) in [6.07, 6.45) is 0. The van der Waals surface area contributed by atoms with E-state index in [1.54, 1.807) is 6.07 Å². The second kappa shape index (κ2) is 5.61. The van der Waals surface area contributed by atoms with Crippen molar-refractivity contribution >= 4 is 0 Å². The monoisotopic (exact) mass is 289 g/mol. The standard InChI is InChI=1S/C16H16FNO3/c1-10-2-4-12(17)7-15(10)19-8-13(18)11-3-5-14-16(6-11)21-9-20-14/h2-7,13H,8-9,18H2,1H3. The number of fused-ring (bicyclic) bond motifs is 1. The van der Waals surface area contributed by atoms with E-state index in [2.05, 4.69) is 0 Å². The van der Waals surface area contributed by atoms with Gasteiger partial charge in [-0.05, 0) is 36.2 Å². The van der Waals surface area contributed by atoms with Crippen LogP contribution in [0.4, 0.5) is 4.39 Å². The fourth-order valence-corrected chi connectivity index (χ4v) is 2.15. The van der Waals surface area contributed by atoms with Gasteiger partial charge in [-0.15, -0.1) is 0 Å².